The maximum atomic E-state index is 12.8. The second-order valence-corrected chi connectivity index (χ2v) is 8.27. The highest BCUT2D eigenvalue weighted by molar-refractivity contribution is 9.10. The molecule has 0 atom stereocenters. The third-order valence-corrected chi connectivity index (χ3v) is 6.04. The Morgan fingerprint density at radius 3 is 2.35 bits per heavy atom. The number of hydrogen-bond acceptors (Lipinski definition) is 6. The number of halogens is 1. The van der Waals surface area contributed by atoms with Crippen molar-refractivity contribution in [2.75, 3.05) is 20.3 Å². The van der Waals surface area contributed by atoms with Crippen LogP contribution in [0.4, 0.5) is 5.69 Å². The summed E-state index contributed by atoms with van der Waals surface area (Å²) < 4.78 is 12.1. The Morgan fingerprint density at radius 1 is 1.16 bits per heavy atom. The molecule has 2 aromatic rings. The van der Waals surface area contributed by atoms with E-state index < -0.39 is 5.97 Å². The second-order valence-electron chi connectivity index (χ2n) is 6.41. The van der Waals surface area contributed by atoms with Crippen molar-refractivity contribution in [2.24, 2.45) is 4.99 Å². The minimum absolute atomic E-state index is 0.176. The molecule has 3 rings (SSSR count). The molecule has 0 unspecified atom stereocenters. The van der Waals surface area contributed by atoms with Gasteiger partial charge in [0.15, 0.2) is 16.7 Å². The number of benzene rings is 2. The van der Waals surface area contributed by atoms with E-state index in [0.29, 0.717) is 40.5 Å². The van der Waals surface area contributed by atoms with Crippen molar-refractivity contribution in [3.8, 4) is 11.5 Å². The molecule has 7 nitrogen and oxygen atoms in total. The van der Waals surface area contributed by atoms with Crippen LogP contribution in [0.1, 0.15) is 29.8 Å². The van der Waals surface area contributed by atoms with Crippen LogP contribution < -0.4 is 9.47 Å². The molecule has 1 aliphatic heterocycles. The van der Waals surface area contributed by atoms with Crippen molar-refractivity contribution in [3.05, 3.63) is 56.9 Å². The lowest BCUT2D eigenvalue weighted by molar-refractivity contribution is -0.121. The average Bonchev–Trinajstić information content (AvgIpc) is 3.00. The molecule has 31 heavy (non-hydrogen) atoms. The number of thioether (sulfide) groups is 1. The topological polar surface area (TPSA) is 88.4 Å². The van der Waals surface area contributed by atoms with E-state index in [1.54, 1.807) is 25.3 Å². The molecular formula is C22H21BrN2O5S. The van der Waals surface area contributed by atoms with E-state index in [2.05, 4.69) is 20.9 Å². The van der Waals surface area contributed by atoms with Crippen LogP contribution in [-0.4, -0.2) is 47.3 Å². The van der Waals surface area contributed by atoms with Gasteiger partial charge in [-0.3, -0.25) is 9.69 Å². The van der Waals surface area contributed by atoms with Crippen LogP contribution in [0.5, 0.6) is 11.5 Å². The fourth-order valence-corrected chi connectivity index (χ4v) is 4.19. The first kappa shape index (κ1) is 22.9. The van der Waals surface area contributed by atoms with Crippen molar-refractivity contribution >= 4 is 56.5 Å². The fraction of sp³-hybridized carbons (Fsp3) is 0.227. The molecule has 2 aromatic carbocycles. The van der Waals surface area contributed by atoms with Gasteiger partial charge in [0.05, 0.1) is 29.4 Å². The van der Waals surface area contributed by atoms with Gasteiger partial charge in [-0.25, -0.2) is 9.79 Å². The minimum atomic E-state index is -1.00. The number of aromatic carboxylic acids is 1. The van der Waals surface area contributed by atoms with E-state index >= 15 is 0 Å². The monoisotopic (exact) mass is 504 g/mol. The summed E-state index contributed by atoms with van der Waals surface area (Å²) in [6.07, 6.45) is 1.78. The molecule has 0 radical (unpaired) electrons. The number of rotatable bonds is 7. The Bertz CT molecular complexity index is 1070. The summed E-state index contributed by atoms with van der Waals surface area (Å²) in [5.41, 5.74) is 1.52. The minimum Gasteiger partial charge on any atom is -0.490 e. The van der Waals surface area contributed by atoms with Gasteiger partial charge in [-0.2, -0.15) is 0 Å². The lowest BCUT2D eigenvalue weighted by atomic mass is 10.2. The smallest absolute Gasteiger partial charge is 0.335 e. The van der Waals surface area contributed by atoms with Crippen molar-refractivity contribution in [1.29, 1.82) is 0 Å². The number of likely N-dealkylation sites (N-methyl/N-ethyl adjacent to an activating group) is 1. The first-order valence-electron chi connectivity index (χ1n) is 9.52. The molecule has 0 aromatic heterocycles. The maximum Gasteiger partial charge on any atom is 0.335 e. The van der Waals surface area contributed by atoms with Gasteiger partial charge in [-0.05, 0) is 73.6 Å². The number of amides is 1. The van der Waals surface area contributed by atoms with E-state index in [0.717, 1.165) is 10.0 Å². The van der Waals surface area contributed by atoms with Crippen LogP contribution in [0.2, 0.25) is 0 Å². The molecule has 1 fully saturated rings. The molecule has 0 aliphatic carbocycles. The molecular weight excluding hydrogens is 484 g/mol. The second kappa shape index (κ2) is 10.0. The highest BCUT2D eigenvalue weighted by Crippen LogP contribution is 2.38. The molecule has 9 heteroatoms. The first-order valence-corrected chi connectivity index (χ1v) is 11.1. The number of ether oxygens (including phenoxy) is 2. The molecule has 1 aliphatic rings. The lowest BCUT2D eigenvalue weighted by Crippen LogP contribution is -2.23. The van der Waals surface area contributed by atoms with Crippen molar-refractivity contribution < 1.29 is 24.2 Å². The van der Waals surface area contributed by atoms with Gasteiger partial charge in [0, 0.05) is 11.5 Å². The number of hydrogen-bond donors (Lipinski definition) is 1. The van der Waals surface area contributed by atoms with Gasteiger partial charge >= 0.3 is 5.97 Å². The Kier molecular flexibility index (Phi) is 7.40. The molecule has 162 valence electrons. The van der Waals surface area contributed by atoms with E-state index in [9.17, 15) is 9.59 Å². The number of carboxylic acid groups (broad SMARTS) is 1. The Morgan fingerprint density at radius 2 is 1.77 bits per heavy atom. The summed E-state index contributed by atoms with van der Waals surface area (Å²) in [5.74, 6) is 0.0625. The summed E-state index contributed by atoms with van der Waals surface area (Å²) in [4.78, 5) is 30.2. The van der Waals surface area contributed by atoms with Crippen LogP contribution in [0.3, 0.4) is 0 Å². The van der Waals surface area contributed by atoms with Gasteiger partial charge < -0.3 is 14.6 Å². The highest BCUT2D eigenvalue weighted by Gasteiger charge is 2.30. The van der Waals surface area contributed by atoms with E-state index in [1.807, 2.05) is 26.0 Å². The van der Waals surface area contributed by atoms with Crippen molar-refractivity contribution in [2.45, 2.75) is 13.8 Å². The summed E-state index contributed by atoms with van der Waals surface area (Å²) in [6.45, 7) is 4.80. The Hall–Kier alpha value is -2.78. The van der Waals surface area contributed by atoms with Crippen LogP contribution >= 0.6 is 27.7 Å². The zero-order valence-electron chi connectivity index (χ0n) is 17.2. The molecule has 1 N–H and O–H groups in total. The molecule has 1 amide bonds. The number of carboxylic acids is 1. The van der Waals surface area contributed by atoms with Gasteiger partial charge in [-0.1, -0.05) is 15.9 Å². The summed E-state index contributed by atoms with van der Waals surface area (Å²) in [5, 5.41) is 9.52. The standard InChI is InChI=1S/C22H21BrN2O5S/c1-4-29-17-10-14(16(23)12-18(17)30-5-2)11-19-20(26)25(3)22(31-19)24-15-8-6-13(7-9-15)21(27)28/h6-12H,4-5H2,1-3H3,(H,27,28)/b19-11-,24-22?. The van der Waals surface area contributed by atoms with Crippen molar-refractivity contribution in [1.82, 2.24) is 4.90 Å². The van der Waals surface area contributed by atoms with Crippen molar-refractivity contribution in [3.63, 3.8) is 0 Å². The number of carbonyl (C=O) groups is 2. The number of aliphatic imine (C=N–C) groups is 1. The zero-order valence-corrected chi connectivity index (χ0v) is 19.6. The molecule has 1 saturated heterocycles. The predicted octanol–water partition coefficient (Wildman–Crippen LogP) is 5.18. The van der Waals surface area contributed by atoms with Gasteiger partial charge in [-0.15, -0.1) is 0 Å². The number of carbonyl (C=O) groups excluding carboxylic acids is 1. The quantitative estimate of drug-likeness (QED) is 0.522. The molecule has 1 heterocycles. The third-order valence-electron chi connectivity index (χ3n) is 4.29. The van der Waals surface area contributed by atoms with Gasteiger partial charge in [0.1, 0.15) is 0 Å². The summed E-state index contributed by atoms with van der Waals surface area (Å²) in [6, 6.07) is 9.83. The van der Waals surface area contributed by atoms with E-state index in [-0.39, 0.29) is 11.5 Å². The number of nitrogens with zero attached hydrogens (tertiary/aromatic N) is 2. The summed E-state index contributed by atoms with van der Waals surface area (Å²) >= 11 is 4.79. The predicted molar refractivity (Wildman–Crippen MR) is 125 cm³/mol. The molecule has 0 saturated carbocycles. The largest absolute Gasteiger partial charge is 0.490 e. The van der Waals surface area contributed by atoms with Crippen LogP contribution in [0.25, 0.3) is 6.08 Å². The van der Waals surface area contributed by atoms with Gasteiger partial charge in [0.2, 0.25) is 0 Å². The van der Waals surface area contributed by atoms with E-state index in [4.69, 9.17) is 14.6 Å². The average molecular weight is 505 g/mol. The highest BCUT2D eigenvalue weighted by atomic mass is 79.9. The zero-order chi connectivity index (χ0) is 22.5. The fourth-order valence-electron chi connectivity index (χ4n) is 2.78. The Balaban J connectivity index is 1.91. The first-order chi connectivity index (χ1) is 14.8. The van der Waals surface area contributed by atoms with Crippen LogP contribution in [0.15, 0.2) is 50.8 Å². The van der Waals surface area contributed by atoms with Gasteiger partial charge in [0.25, 0.3) is 5.91 Å². The van der Waals surface area contributed by atoms with Crippen LogP contribution in [0, 0.1) is 0 Å². The third kappa shape index (κ3) is 5.29. The SMILES string of the molecule is CCOc1cc(Br)c(/C=C2\SC(=Nc3ccc(C(=O)O)cc3)N(C)C2=O)cc1OCC. The van der Waals surface area contributed by atoms with Crippen LogP contribution in [-0.2, 0) is 4.79 Å². The molecule has 0 bridgehead atoms. The molecule has 0 spiro atoms. The lowest BCUT2D eigenvalue weighted by Gasteiger charge is -2.13. The normalized spacial score (nSPS) is 16.3. The summed E-state index contributed by atoms with van der Waals surface area (Å²) in [7, 11) is 1.65. The van der Waals surface area contributed by atoms with E-state index in [1.165, 1.54) is 28.8 Å². The maximum absolute atomic E-state index is 12.8. The number of amidine groups is 1. The Labute approximate surface area is 192 Å².